The van der Waals surface area contributed by atoms with Crippen molar-refractivity contribution in [3.8, 4) is 0 Å². The first kappa shape index (κ1) is 15.4. The third-order valence-corrected chi connectivity index (χ3v) is 4.94. The van der Waals surface area contributed by atoms with E-state index in [1.54, 1.807) is 22.6 Å². The van der Waals surface area contributed by atoms with Gasteiger partial charge in [-0.25, -0.2) is 8.42 Å². The molecule has 1 aliphatic heterocycles. The van der Waals surface area contributed by atoms with Gasteiger partial charge in [0.25, 0.3) is 0 Å². The van der Waals surface area contributed by atoms with Crippen molar-refractivity contribution in [3.63, 3.8) is 0 Å². The highest BCUT2D eigenvalue weighted by molar-refractivity contribution is 7.89. The number of rotatable bonds is 4. The molecular weight excluding hydrogens is 274 g/mol. The van der Waals surface area contributed by atoms with Gasteiger partial charge in [0.1, 0.15) is 4.90 Å². The zero-order valence-corrected chi connectivity index (χ0v) is 11.9. The second-order valence-electron chi connectivity index (χ2n) is 4.16. The van der Waals surface area contributed by atoms with Crippen LogP contribution < -0.4 is 5.32 Å². The quantitative estimate of drug-likeness (QED) is 0.894. The monoisotopic (exact) mass is 291 g/mol. The SMILES string of the molecule is CNCC1CCCN1S(=O)(=O)c1cccnc1.Cl. The van der Waals surface area contributed by atoms with Crippen LogP contribution in [0, 0.1) is 0 Å². The number of hydrogen-bond acceptors (Lipinski definition) is 4. The van der Waals surface area contributed by atoms with E-state index < -0.39 is 10.0 Å². The largest absolute Gasteiger partial charge is 0.318 e. The molecule has 2 rings (SSSR count). The van der Waals surface area contributed by atoms with Gasteiger partial charge in [0.15, 0.2) is 0 Å². The van der Waals surface area contributed by atoms with Gasteiger partial charge in [-0.3, -0.25) is 4.98 Å². The zero-order chi connectivity index (χ0) is 12.3. The third kappa shape index (κ3) is 3.00. The summed E-state index contributed by atoms with van der Waals surface area (Å²) in [6.45, 7) is 1.29. The molecule has 7 heteroatoms. The number of hydrogen-bond donors (Lipinski definition) is 1. The van der Waals surface area contributed by atoms with E-state index in [9.17, 15) is 8.42 Å². The van der Waals surface area contributed by atoms with E-state index >= 15 is 0 Å². The molecular formula is C11H18ClN3O2S. The normalized spacial score (nSPS) is 20.6. The summed E-state index contributed by atoms with van der Waals surface area (Å²) in [6.07, 6.45) is 4.82. The molecule has 1 aromatic heterocycles. The minimum atomic E-state index is -3.38. The lowest BCUT2D eigenvalue weighted by Gasteiger charge is -2.23. The van der Waals surface area contributed by atoms with Crippen molar-refractivity contribution in [2.24, 2.45) is 0 Å². The maximum absolute atomic E-state index is 12.4. The van der Waals surface area contributed by atoms with Gasteiger partial charge in [0, 0.05) is 31.5 Å². The van der Waals surface area contributed by atoms with Crippen LogP contribution in [-0.2, 0) is 10.0 Å². The summed E-state index contributed by atoms with van der Waals surface area (Å²) in [7, 11) is -1.54. The van der Waals surface area contributed by atoms with Gasteiger partial charge in [0.2, 0.25) is 10.0 Å². The molecule has 1 atom stereocenters. The Balaban J connectivity index is 0.00000162. The Morgan fingerprint density at radius 1 is 1.56 bits per heavy atom. The molecule has 2 heterocycles. The van der Waals surface area contributed by atoms with E-state index in [1.165, 1.54) is 6.20 Å². The van der Waals surface area contributed by atoms with E-state index in [2.05, 4.69) is 10.3 Å². The Bertz CT molecular complexity index is 466. The Hall–Kier alpha value is -0.690. The first-order chi connectivity index (χ1) is 8.16. The maximum Gasteiger partial charge on any atom is 0.244 e. The van der Waals surface area contributed by atoms with E-state index in [-0.39, 0.29) is 23.3 Å². The molecule has 5 nitrogen and oxygen atoms in total. The second-order valence-corrected chi connectivity index (χ2v) is 6.05. The average Bonchev–Trinajstić information content (AvgIpc) is 2.80. The first-order valence-electron chi connectivity index (χ1n) is 5.72. The summed E-state index contributed by atoms with van der Waals surface area (Å²) in [5.74, 6) is 0. The fourth-order valence-electron chi connectivity index (χ4n) is 2.20. The fourth-order valence-corrected chi connectivity index (χ4v) is 3.86. The van der Waals surface area contributed by atoms with Gasteiger partial charge in [0.05, 0.1) is 0 Å². The Morgan fingerprint density at radius 3 is 2.94 bits per heavy atom. The molecule has 1 fully saturated rings. The van der Waals surface area contributed by atoms with Crippen LogP contribution in [0.4, 0.5) is 0 Å². The summed E-state index contributed by atoms with van der Waals surface area (Å²) in [5.41, 5.74) is 0. The predicted octanol–water partition coefficient (Wildman–Crippen LogP) is 0.876. The van der Waals surface area contributed by atoms with Gasteiger partial charge in [-0.15, -0.1) is 12.4 Å². The van der Waals surface area contributed by atoms with Gasteiger partial charge in [-0.1, -0.05) is 0 Å². The summed E-state index contributed by atoms with van der Waals surface area (Å²) in [4.78, 5) is 4.15. The molecule has 1 aromatic rings. The van der Waals surface area contributed by atoms with Gasteiger partial charge in [-0.2, -0.15) is 4.31 Å². The standard InChI is InChI=1S/C11H17N3O2S.ClH/c1-12-8-10-4-3-7-14(10)17(15,16)11-5-2-6-13-9-11;/h2,5-6,9-10,12H,3-4,7-8H2,1H3;1H. The summed E-state index contributed by atoms with van der Waals surface area (Å²) in [5, 5.41) is 3.04. The topological polar surface area (TPSA) is 62.3 Å². The molecule has 0 aliphatic carbocycles. The predicted molar refractivity (Wildman–Crippen MR) is 72.3 cm³/mol. The Kier molecular flexibility index (Phi) is 5.52. The molecule has 0 radical (unpaired) electrons. The number of sulfonamides is 1. The molecule has 18 heavy (non-hydrogen) atoms. The third-order valence-electron chi connectivity index (χ3n) is 3.00. The molecule has 1 N–H and O–H groups in total. The molecule has 0 amide bonds. The molecule has 0 aromatic carbocycles. The van der Waals surface area contributed by atoms with Gasteiger partial charge < -0.3 is 5.32 Å². The van der Waals surface area contributed by atoms with Crippen molar-refractivity contribution >= 4 is 22.4 Å². The second kappa shape index (κ2) is 6.47. The number of nitrogens with zero attached hydrogens (tertiary/aromatic N) is 2. The van der Waals surface area contributed by atoms with Crippen LogP contribution >= 0.6 is 12.4 Å². The van der Waals surface area contributed by atoms with Crippen molar-refractivity contribution < 1.29 is 8.42 Å². The molecule has 102 valence electrons. The van der Waals surface area contributed by atoms with Crippen LogP contribution in [-0.4, -0.2) is 43.9 Å². The van der Waals surface area contributed by atoms with E-state index in [0.717, 1.165) is 12.8 Å². The summed E-state index contributed by atoms with van der Waals surface area (Å²) in [6, 6.07) is 3.30. The van der Waals surface area contributed by atoms with Crippen molar-refractivity contribution in [1.29, 1.82) is 0 Å². The molecule has 0 spiro atoms. The fraction of sp³-hybridized carbons (Fsp3) is 0.545. The highest BCUT2D eigenvalue weighted by Gasteiger charge is 2.34. The number of nitrogens with one attached hydrogen (secondary N) is 1. The lowest BCUT2D eigenvalue weighted by Crippen LogP contribution is -2.40. The maximum atomic E-state index is 12.4. The molecule has 1 aliphatic rings. The van der Waals surface area contributed by atoms with Crippen LogP contribution in [0.15, 0.2) is 29.4 Å². The van der Waals surface area contributed by atoms with Crippen LogP contribution in [0.2, 0.25) is 0 Å². The Labute approximate surface area is 114 Å². The summed E-state index contributed by atoms with van der Waals surface area (Å²) >= 11 is 0. The minimum Gasteiger partial charge on any atom is -0.318 e. The van der Waals surface area contributed by atoms with Crippen LogP contribution in [0.25, 0.3) is 0 Å². The highest BCUT2D eigenvalue weighted by Crippen LogP contribution is 2.24. The van der Waals surface area contributed by atoms with Crippen molar-refractivity contribution in [2.45, 2.75) is 23.8 Å². The smallest absolute Gasteiger partial charge is 0.244 e. The number of pyridine rings is 1. The highest BCUT2D eigenvalue weighted by atomic mass is 35.5. The minimum absolute atomic E-state index is 0. The Morgan fingerprint density at radius 2 is 2.33 bits per heavy atom. The molecule has 1 saturated heterocycles. The van der Waals surface area contributed by atoms with Gasteiger partial charge >= 0.3 is 0 Å². The van der Waals surface area contributed by atoms with E-state index in [4.69, 9.17) is 0 Å². The molecule has 1 unspecified atom stereocenters. The number of aromatic nitrogens is 1. The van der Waals surface area contributed by atoms with E-state index in [0.29, 0.717) is 13.1 Å². The molecule has 0 saturated carbocycles. The lowest BCUT2D eigenvalue weighted by molar-refractivity contribution is 0.379. The van der Waals surface area contributed by atoms with Crippen molar-refractivity contribution in [1.82, 2.24) is 14.6 Å². The van der Waals surface area contributed by atoms with Crippen LogP contribution in [0.3, 0.4) is 0 Å². The van der Waals surface area contributed by atoms with Crippen LogP contribution in [0.5, 0.6) is 0 Å². The van der Waals surface area contributed by atoms with Crippen molar-refractivity contribution in [3.05, 3.63) is 24.5 Å². The van der Waals surface area contributed by atoms with E-state index in [1.807, 2.05) is 7.05 Å². The lowest BCUT2D eigenvalue weighted by atomic mass is 10.2. The number of halogens is 1. The average molecular weight is 292 g/mol. The molecule has 0 bridgehead atoms. The summed E-state index contributed by atoms with van der Waals surface area (Å²) < 4.78 is 26.3. The number of likely N-dealkylation sites (N-methyl/N-ethyl adjacent to an activating group) is 1. The zero-order valence-electron chi connectivity index (χ0n) is 10.2. The van der Waals surface area contributed by atoms with Crippen LogP contribution in [0.1, 0.15) is 12.8 Å². The first-order valence-corrected chi connectivity index (χ1v) is 7.16. The van der Waals surface area contributed by atoms with Gasteiger partial charge in [-0.05, 0) is 32.0 Å². The van der Waals surface area contributed by atoms with Crippen molar-refractivity contribution in [2.75, 3.05) is 20.1 Å².